The molecule has 22 heavy (non-hydrogen) atoms. The van der Waals surface area contributed by atoms with Crippen molar-refractivity contribution >= 4 is 22.4 Å². The number of rotatable bonds is 0. The Labute approximate surface area is 124 Å². The van der Waals surface area contributed by atoms with E-state index in [0.29, 0.717) is 33.4 Å². The van der Waals surface area contributed by atoms with Crippen molar-refractivity contribution < 1.29 is 4.79 Å². The third-order valence-corrected chi connectivity index (χ3v) is 3.71. The number of nitrogens with two attached hydrogens (primary N) is 1. The van der Waals surface area contributed by atoms with Gasteiger partial charge in [0, 0.05) is 5.69 Å². The molecule has 0 aliphatic carbocycles. The SMILES string of the molecule is N#Cc1ccc2c(c1)C(=O)c1nc3ccc(N)cc3c(=O)n1-2. The number of carbonyl (C=O) groups excluding carboxylic acids is 1. The van der Waals surface area contributed by atoms with Gasteiger partial charge in [-0.05, 0) is 36.4 Å². The number of benzene rings is 2. The van der Waals surface area contributed by atoms with Gasteiger partial charge in [0.1, 0.15) is 0 Å². The smallest absolute Gasteiger partial charge is 0.266 e. The van der Waals surface area contributed by atoms with Crippen molar-refractivity contribution in [1.29, 1.82) is 5.26 Å². The Balaban J connectivity index is 2.14. The minimum Gasteiger partial charge on any atom is -0.399 e. The lowest BCUT2D eigenvalue weighted by Gasteiger charge is -2.05. The summed E-state index contributed by atoms with van der Waals surface area (Å²) in [6.07, 6.45) is 0. The van der Waals surface area contributed by atoms with Gasteiger partial charge in [-0.25, -0.2) is 4.98 Å². The van der Waals surface area contributed by atoms with Crippen LogP contribution in [0.25, 0.3) is 16.6 Å². The molecule has 0 atom stereocenters. The highest BCUT2D eigenvalue weighted by Gasteiger charge is 2.30. The minimum atomic E-state index is -0.358. The van der Waals surface area contributed by atoms with Gasteiger partial charge in [0.05, 0.1) is 33.8 Å². The molecule has 0 unspecified atom stereocenters. The number of fused-ring (bicyclic) bond motifs is 4. The van der Waals surface area contributed by atoms with Crippen molar-refractivity contribution in [2.24, 2.45) is 0 Å². The molecular formula is C16H8N4O2. The zero-order chi connectivity index (χ0) is 15.4. The number of hydrogen-bond acceptors (Lipinski definition) is 5. The summed E-state index contributed by atoms with van der Waals surface area (Å²) in [4.78, 5) is 29.4. The minimum absolute atomic E-state index is 0.0624. The van der Waals surface area contributed by atoms with E-state index in [4.69, 9.17) is 11.0 Å². The maximum absolute atomic E-state index is 12.7. The standard InChI is InChI=1S/C16H8N4O2/c17-7-8-1-4-13-11(5-8)14(21)15-19-12-3-2-9(18)6-10(12)16(22)20(13)15/h1-6H,18H2. The summed E-state index contributed by atoms with van der Waals surface area (Å²) in [5, 5.41) is 9.31. The van der Waals surface area contributed by atoms with Crippen molar-refractivity contribution in [2.75, 3.05) is 5.73 Å². The third kappa shape index (κ3) is 1.45. The highest BCUT2D eigenvalue weighted by atomic mass is 16.1. The van der Waals surface area contributed by atoms with Crippen molar-refractivity contribution in [1.82, 2.24) is 9.55 Å². The predicted molar refractivity (Wildman–Crippen MR) is 79.9 cm³/mol. The van der Waals surface area contributed by atoms with Gasteiger partial charge in [0.25, 0.3) is 5.56 Å². The first-order valence-electron chi connectivity index (χ1n) is 6.51. The van der Waals surface area contributed by atoms with E-state index in [0.717, 1.165) is 0 Å². The molecule has 104 valence electrons. The summed E-state index contributed by atoms with van der Waals surface area (Å²) in [7, 11) is 0. The fraction of sp³-hybridized carbons (Fsp3) is 0. The zero-order valence-electron chi connectivity index (χ0n) is 11.2. The Morgan fingerprint density at radius 2 is 1.95 bits per heavy atom. The van der Waals surface area contributed by atoms with Crippen LogP contribution in [0.1, 0.15) is 21.7 Å². The van der Waals surface area contributed by atoms with Gasteiger partial charge in [-0.3, -0.25) is 14.2 Å². The summed E-state index contributed by atoms with van der Waals surface area (Å²) >= 11 is 0. The Bertz CT molecular complexity index is 1090. The van der Waals surface area contributed by atoms with E-state index < -0.39 is 0 Å². The summed E-state index contributed by atoms with van der Waals surface area (Å²) in [5.41, 5.74) is 7.37. The van der Waals surface area contributed by atoms with Crippen LogP contribution >= 0.6 is 0 Å². The van der Waals surface area contributed by atoms with Crippen LogP contribution in [0, 0.1) is 11.3 Å². The summed E-state index contributed by atoms with van der Waals surface area (Å²) in [5.74, 6) is -0.296. The van der Waals surface area contributed by atoms with Crippen molar-refractivity contribution in [3.8, 4) is 11.8 Å². The maximum Gasteiger partial charge on any atom is 0.266 e. The van der Waals surface area contributed by atoms with E-state index in [2.05, 4.69) is 4.98 Å². The largest absolute Gasteiger partial charge is 0.399 e. The lowest BCUT2D eigenvalue weighted by atomic mass is 10.1. The number of nitriles is 1. The molecule has 0 radical (unpaired) electrons. The van der Waals surface area contributed by atoms with Gasteiger partial charge in [-0.1, -0.05) is 0 Å². The van der Waals surface area contributed by atoms with E-state index in [-0.39, 0.29) is 17.2 Å². The van der Waals surface area contributed by atoms with Gasteiger partial charge in [0.15, 0.2) is 5.82 Å². The van der Waals surface area contributed by atoms with E-state index in [1.165, 1.54) is 10.6 Å². The van der Waals surface area contributed by atoms with Crippen molar-refractivity contribution in [2.45, 2.75) is 0 Å². The van der Waals surface area contributed by atoms with Crippen LogP contribution in [0.5, 0.6) is 0 Å². The zero-order valence-corrected chi connectivity index (χ0v) is 11.2. The first-order chi connectivity index (χ1) is 10.6. The average Bonchev–Trinajstić information content (AvgIpc) is 2.81. The Hall–Kier alpha value is -3.46. The molecule has 0 fully saturated rings. The summed E-state index contributed by atoms with van der Waals surface area (Å²) < 4.78 is 1.28. The van der Waals surface area contributed by atoms with Crippen LogP contribution in [-0.2, 0) is 0 Å². The first kappa shape index (κ1) is 12.3. The van der Waals surface area contributed by atoms with E-state index in [9.17, 15) is 9.59 Å². The molecule has 6 heteroatoms. The molecule has 0 bridgehead atoms. The highest BCUT2D eigenvalue weighted by molar-refractivity contribution is 6.13. The first-order valence-corrected chi connectivity index (χ1v) is 6.51. The molecule has 0 saturated heterocycles. The molecule has 0 amide bonds. The highest BCUT2D eigenvalue weighted by Crippen LogP contribution is 2.27. The Morgan fingerprint density at radius 1 is 1.14 bits per heavy atom. The molecule has 0 saturated carbocycles. The third-order valence-electron chi connectivity index (χ3n) is 3.71. The topological polar surface area (TPSA) is 102 Å². The lowest BCUT2D eigenvalue weighted by Crippen LogP contribution is -2.21. The maximum atomic E-state index is 12.7. The molecule has 1 aromatic heterocycles. The van der Waals surface area contributed by atoms with Crippen LogP contribution < -0.4 is 11.3 Å². The van der Waals surface area contributed by atoms with Gasteiger partial charge < -0.3 is 5.73 Å². The number of ketones is 1. The van der Waals surface area contributed by atoms with Gasteiger partial charge >= 0.3 is 0 Å². The van der Waals surface area contributed by atoms with Crippen LogP contribution in [0.15, 0.2) is 41.2 Å². The number of aromatic nitrogens is 2. The van der Waals surface area contributed by atoms with E-state index in [1.54, 1.807) is 30.3 Å². The molecule has 3 aromatic rings. The molecule has 1 aliphatic rings. The molecule has 0 spiro atoms. The van der Waals surface area contributed by atoms with E-state index >= 15 is 0 Å². The normalized spacial score (nSPS) is 12.0. The van der Waals surface area contributed by atoms with Crippen molar-refractivity contribution in [3.05, 3.63) is 63.7 Å². The number of nitrogen functional groups attached to an aromatic ring is 1. The molecule has 2 aromatic carbocycles. The van der Waals surface area contributed by atoms with Gasteiger partial charge in [-0.15, -0.1) is 0 Å². The number of hydrogen-bond donors (Lipinski definition) is 1. The second-order valence-corrected chi connectivity index (χ2v) is 5.03. The quantitative estimate of drug-likeness (QED) is 0.492. The molecule has 2 heterocycles. The predicted octanol–water partition coefficient (Wildman–Crippen LogP) is 1.38. The van der Waals surface area contributed by atoms with Crippen LogP contribution in [-0.4, -0.2) is 15.3 Å². The Kier molecular flexibility index (Phi) is 2.25. The molecular weight excluding hydrogens is 280 g/mol. The molecule has 6 nitrogen and oxygen atoms in total. The van der Waals surface area contributed by atoms with E-state index in [1.807, 2.05) is 6.07 Å². The monoisotopic (exact) mass is 288 g/mol. The number of nitrogens with zero attached hydrogens (tertiary/aromatic N) is 3. The molecule has 1 aliphatic heterocycles. The van der Waals surface area contributed by atoms with Gasteiger partial charge in [0.2, 0.25) is 5.78 Å². The number of anilines is 1. The fourth-order valence-electron chi connectivity index (χ4n) is 2.68. The summed E-state index contributed by atoms with van der Waals surface area (Å²) in [6, 6.07) is 11.4. The molecule has 4 rings (SSSR count). The van der Waals surface area contributed by atoms with Crippen LogP contribution in [0.2, 0.25) is 0 Å². The molecule has 2 N–H and O–H groups in total. The van der Waals surface area contributed by atoms with Crippen LogP contribution in [0.4, 0.5) is 5.69 Å². The van der Waals surface area contributed by atoms with Crippen molar-refractivity contribution in [3.63, 3.8) is 0 Å². The van der Waals surface area contributed by atoms with Gasteiger partial charge in [-0.2, -0.15) is 5.26 Å². The number of carbonyl (C=O) groups is 1. The Morgan fingerprint density at radius 3 is 2.73 bits per heavy atom. The second-order valence-electron chi connectivity index (χ2n) is 5.03. The van der Waals surface area contributed by atoms with Crippen LogP contribution in [0.3, 0.4) is 0 Å². The summed E-state index contributed by atoms with van der Waals surface area (Å²) in [6.45, 7) is 0. The average molecular weight is 288 g/mol. The second kappa shape index (κ2) is 4.02. The lowest BCUT2D eigenvalue weighted by molar-refractivity contribution is 0.103. The fourth-order valence-corrected chi connectivity index (χ4v) is 2.68.